The van der Waals surface area contributed by atoms with Crippen LogP contribution >= 0.6 is 0 Å². The van der Waals surface area contributed by atoms with Gasteiger partial charge in [-0.2, -0.15) is 0 Å². The summed E-state index contributed by atoms with van der Waals surface area (Å²) >= 11 is 0. The molecule has 1 aliphatic rings. The molecular formula is C9H14NO. The van der Waals surface area contributed by atoms with Crippen molar-refractivity contribution in [1.82, 2.24) is 4.90 Å². The van der Waals surface area contributed by atoms with E-state index in [4.69, 9.17) is 0 Å². The molecule has 0 unspecified atom stereocenters. The lowest BCUT2D eigenvalue weighted by Gasteiger charge is -2.26. The van der Waals surface area contributed by atoms with E-state index in [0.29, 0.717) is 5.57 Å². The number of carbonyl (C=O) groups excluding carboxylic acids is 1. The van der Waals surface area contributed by atoms with Gasteiger partial charge in [0, 0.05) is 18.7 Å². The van der Waals surface area contributed by atoms with Crippen LogP contribution in [-0.2, 0) is 4.79 Å². The summed E-state index contributed by atoms with van der Waals surface area (Å²) in [7, 11) is 0. The summed E-state index contributed by atoms with van der Waals surface area (Å²) in [6.45, 7) is 8.82. The summed E-state index contributed by atoms with van der Waals surface area (Å²) in [5.74, 6) is 0.0182. The molecule has 0 N–H and O–H groups in total. The van der Waals surface area contributed by atoms with Crippen LogP contribution in [0.5, 0.6) is 0 Å². The smallest absolute Gasteiger partial charge is 0.249 e. The molecule has 0 atom stereocenters. The Balaban J connectivity index is 2.45. The van der Waals surface area contributed by atoms with Gasteiger partial charge < -0.3 is 4.90 Å². The fraction of sp³-hybridized carbons (Fsp3) is 0.556. The van der Waals surface area contributed by atoms with Gasteiger partial charge >= 0.3 is 0 Å². The molecule has 1 rings (SSSR count). The highest BCUT2D eigenvalue weighted by Crippen LogP contribution is 2.10. The third-order valence-corrected chi connectivity index (χ3v) is 1.95. The van der Waals surface area contributed by atoms with E-state index < -0.39 is 0 Å². The first-order valence-electron chi connectivity index (χ1n) is 4.02. The summed E-state index contributed by atoms with van der Waals surface area (Å²) in [4.78, 5) is 13.1. The van der Waals surface area contributed by atoms with Crippen molar-refractivity contribution in [3.63, 3.8) is 0 Å². The zero-order chi connectivity index (χ0) is 8.27. The molecule has 1 amide bonds. The first kappa shape index (κ1) is 8.31. The van der Waals surface area contributed by atoms with Gasteiger partial charge in [0.2, 0.25) is 5.91 Å². The van der Waals surface area contributed by atoms with Crippen molar-refractivity contribution in [1.29, 1.82) is 0 Å². The van der Waals surface area contributed by atoms with E-state index in [1.165, 1.54) is 6.42 Å². The molecule has 1 heterocycles. The van der Waals surface area contributed by atoms with Gasteiger partial charge in [-0.25, -0.2) is 0 Å². The number of nitrogens with zero attached hydrogens (tertiary/aromatic N) is 1. The Morgan fingerprint density at radius 2 is 1.73 bits per heavy atom. The van der Waals surface area contributed by atoms with Crippen LogP contribution in [0.4, 0.5) is 0 Å². The number of carbonyl (C=O) groups is 1. The SMILES string of the molecule is [CH2]C(=C)C(=O)N1CCCCC1. The predicted octanol–water partition coefficient (Wildman–Crippen LogP) is 1.39. The Kier molecular flexibility index (Phi) is 2.69. The minimum atomic E-state index is 0.0182. The fourth-order valence-corrected chi connectivity index (χ4v) is 1.32. The van der Waals surface area contributed by atoms with E-state index in [1.807, 2.05) is 4.90 Å². The molecule has 2 nitrogen and oxygen atoms in total. The van der Waals surface area contributed by atoms with Gasteiger partial charge in [-0.05, 0) is 26.2 Å². The lowest BCUT2D eigenvalue weighted by molar-refractivity contribution is -0.127. The zero-order valence-electron chi connectivity index (χ0n) is 6.81. The van der Waals surface area contributed by atoms with Gasteiger partial charge in [-0.1, -0.05) is 6.58 Å². The molecule has 1 radical (unpaired) electrons. The fourth-order valence-electron chi connectivity index (χ4n) is 1.32. The third-order valence-electron chi connectivity index (χ3n) is 1.95. The monoisotopic (exact) mass is 152 g/mol. The molecule has 1 aliphatic heterocycles. The molecule has 0 spiro atoms. The lowest BCUT2D eigenvalue weighted by atomic mass is 10.1. The molecule has 0 aromatic heterocycles. The standard InChI is InChI=1S/C9H14NO/c1-8(2)9(11)10-6-4-3-5-7-10/h1-7H2. The van der Waals surface area contributed by atoms with Crippen molar-refractivity contribution in [2.45, 2.75) is 19.3 Å². The average Bonchev–Trinajstić information content (AvgIpc) is 2.05. The van der Waals surface area contributed by atoms with Crippen molar-refractivity contribution in [3.05, 3.63) is 19.1 Å². The van der Waals surface area contributed by atoms with E-state index in [-0.39, 0.29) is 5.91 Å². The van der Waals surface area contributed by atoms with Crippen molar-refractivity contribution in [2.24, 2.45) is 0 Å². The van der Waals surface area contributed by atoms with Crippen LogP contribution in [0.15, 0.2) is 12.2 Å². The first-order chi connectivity index (χ1) is 5.22. The number of piperidine rings is 1. The largest absolute Gasteiger partial charge is 0.339 e. The Morgan fingerprint density at radius 3 is 2.18 bits per heavy atom. The quantitative estimate of drug-likeness (QED) is 0.520. The molecule has 0 aromatic rings. The van der Waals surface area contributed by atoms with Crippen molar-refractivity contribution in [3.8, 4) is 0 Å². The number of rotatable bonds is 1. The second-order valence-corrected chi connectivity index (χ2v) is 2.96. The van der Waals surface area contributed by atoms with Gasteiger partial charge in [0.05, 0.1) is 0 Å². The summed E-state index contributed by atoms with van der Waals surface area (Å²) in [6, 6.07) is 0. The van der Waals surface area contributed by atoms with Gasteiger partial charge in [-0.3, -0.25) is 4.79 Å². The molecule has 0 aliphatic carbocycles. The van der Waals surface area contributed by atoms with Crippen molar-refractivity contribution < 1.29 is 4.79 Å². The van der Waals surface area contributed by atoms with Crippen LogP contribution in [0.25, 0.3) is 0 Å². The van der Waals surface area contributed by atoms with Gasteiger partial charge in [0.15, 0.2) is 0 Å². The Bertz CT molecular complexity index is 168. The highest BCUT2D eigenvalue weighted by Gasteiger charge is 2.15. The molecular weight excluding hydrogens is 138 g/mol. The minimum absolute atomic E-state index is 0.0182. The number of amides is 1. The first-order valence-corrected chi connectivity index (χ1v) is 4.02. The van der Waals surface area contributed by atoms with E-state index in [9.17, 15) is 4.79 Å². The normalized spacial score (nSPS) is 18.1. The molecule has 2 heteroatoms. The van der Waals surface area contributed by atoms with Gasteiger partial charge in [-0.15, -0.1) is 0 Å². The van der Waals surface area contributed by atoms with Gasteiger partial charge in [0.25, 0.3) is 0 Å². The van der Waals surface area contributed by atoms with Crippen LogP contribution in [0.3, 0.4) is 0 Å². The predicted molar refractivity (Wildman–Crippen MR) is 44.9 cm³/mol. The number of hydrogen-bond acceptors (Lipinski definition) is 1. The molecule has 0 bridgehead atoms. The van der Waals surface area contributed by atoms with E-state index in [2.05, 4.69) is 13.5 Å². The van der Waals surface area contributed by atoms with Crippen LogP contribution in [0.1, 0.15) is 19.3 Å². The molecule has 1 fully saturated rings. The van der Waals surface area contributed by atoms with E-state index in [1.54, 1.807) is 0 Å². The van der Waals surface area contributed by atoms with E-state index >= 15 is 0 Å². The topological polar surface area (TPSA) is 20.3 Å². The Labute approximate surface area is 67.9 Å². The van der Waals surface area contributed by atoms with Crippen LogP contribution in [0, 0.1) is 6.92 Å². The van der Waals surface area contributed by atoms with Gasteiger partial charge in [0.1, 0.15) is 0 Å². The molecule has 0 saturated carbocycles. The Morgan fingerprint density at radius 1 is 1.18 bits per heavy atom. The summed E-state index contributed by atoms with van der Waals surface area (Å²) in [5, 5.41) is 0. The maximum Gasteiger partial charge on any atom is 0.249 e. The minimum Gasteiger partial charge on any atom is -0.339 e. The highest BCUT2D eigenvalue weighted by molar-refractivity contribution is 5.93. The molecule has 0 aromatic carbocycles. The van der Waals surface area contributed by atoms with E-state index in [0.717, 1.165) is 25.9 Å². The lowest BCUT2D eigenvalue weighted by Crippen LogP contribution is -2.35. The molecule has 1 saturated heterocycles. The summed E-state index contributed by atoms with van der Waals surface area (Å²) in [6.07, 6.45) is 3.49. The molecule has 11 heavy (non-hydrogen) atoms. The Hall–Kier alpha value is -0.790. The van der Waals surface area contributed by atoms with Crippen molar-refractivity contribution >= 4 is 5.91 Å². The maximum absolute atomic E-state index is 11.3. The average molecular weight is 152 g/mol. The summed E-state index contributed by atoms with van der Waals surface area (Å²) < 4.78 is 0. The molecule has 61 valence electrons. The van der Waals surface area contributed by atoms with Crippen LogP contribution in [-0.4, -0.2) is 23.9 Å². The maximum atomic E-state index is 11.3. The number of likely N-dealkylation sites (tertiary alicyclic amines) is 1. The van der Waals surface area contributed by atoms with Crippen LogP contribution < -0.4 is 0 Å². The zero-order valence-corrected chi connectivity index (χ0v) is 6.81. The summed E-state index contributed by atoms with van der Waals surface area (Å²) in [5.41, 5.74) is 0.409. The van der Waals surface area contributed by atoms with Crippen LogP contribution in [0.2, 0.25) is 0 Å². The third kappa shape index (κ3) is 2.07. The number of hydrogen-bond donors (Lipinski definition) is 0. The highest BCUT2D eigenvalue weighted by atomic mass is 16.2. The van der Waals surface area contributed by atoms with Crippen molar-refractivity contribution in [2.75, 3.05) is 13.1 Å². The second-order valence-electron chi connectivity index (χ2n) is 2.96. The second kappa shape index (κ2) is 3.56.